The Bertz CT molecular complexity index is 464. The minimum atomic E-state index is 0.126. The van der Waals surface area contributed by atoms with Crippen molar-refractivity contribution in [3.8, 4) is 12.1 Å². The second kappa shape index (κ2) is 5.60. The van der Waals surface area contributed by atoms with Gasteiger partial charge in [-0.15, -0.1) is 0 Å². The third-order valence-corrected chi connectivity index (χ3v) is 3.45. The first-order valence-corrected chi connectivity index (χ1v) is 5.78. The second-order valence-electron chi connectivity index (χ2n) is 2.78. The van der Waals surface area contributed by atoms with Crippen molar-refractivity contribution >= 4 is 27.7 Å². The first kappa shape index (κ1) is 11.8. The van der Waals surface area contributed by atoms with Crippen molar-refractivity contribution in [3.63, 3.8) is 0 Å². The Kier molecular flexibility index (Phi) is 4.42. The average Bonchev–Trinajstić information content (AvgIpc) is 2.24. The Labute approximate surface area is 101 Å². The summed E-state index contributed by atoms with van der Waals surface area (Å²) in [5.74, 6) is 0. The highest BCUT2D eigenvalue weighted by Gasteiger charge is 1.98. The second-order valence-corrected chi connectivity index (χ2v) is 4.58. The lowest BCUT2D eigenvalue weighted by Gasteiger charge is -2.00. The van der Waals surface area contributed by atoms with E-state index in [9.17, 15) is 0 Å². The standard InChI is InChI=1S/C11H7BrN2S/c1-8-4-10(2-3-11(8)12)15-7-9(5-13)6-14/h2-4,7H,1H3. The Morgan fingerprint density at radius 3 is 2.60 bits per heavy atom. The molecule has 0 bridgehead atoms. The number of thioether (sulfide) groups is 1. The average molecular weight is 279 g/mol. The highest BCUT2D eigenvalue weighted by atomic mass is 79.9. The predicted molar refractivity (Wildman–Crippen MR) is 64.0 cm³/mol. The fourth-order valence-electron chi connectivity index (χ4n) is 0.895. The zero-order valence-corrected chi connectivity index (χ0v) is 10.4. The molecule has 2 nitrogen and oxygen atoms in total. The molecule has 0 N–H and O–H groups in total. The van der Waals surface area contributed by atoms with Gasteiger partial charge >= 0.3 is 0 Å². The van der Waals surface area contributed by atoms with Gasteiger partial charge in [-0.1, -0.05) is 27.7 Å². The summed E-state index contributed by atoms with van der Waals surface area (Å²) >= 11 is 4.78. The van der Waals surface area contributed by atoms with Crippen molar-refractivity contribution in [3.05, 3.63) is 39.2 Å². The van der Waals surface area contributed by atoms with Crippen molar-refractivity contribution in [2.24, 2.45) is 0 Å². The van der Waals surface area contributed by atoms with E-state index in [0.29, 0.717) is 0 Å². The molecular weight excluding hydrogens is 272 g/mol. The number of hydrogen-bond donors (Lipinski definition) is 0. The van der Waals surface area contributed by atoms with Crippen LogP contribution in [0, 0.1) is 29.6 Å². The summed E-state index contributed by atoms with van der Waals surface area (Å²) in [5.41, 5.74) is 1.25. The molecule has 0 amide bonds. The maximum Gasteiger partial charge on any atom is 0.136 e. The van der Waals surface area contributed by atoms with Gasteiger partial charge in [-0.3, -0.25) is 0 Å². The molecule has 0 aliphatic carbocycles. The fraction of sp³-hybridized carbons (Fsp3) is 0.0909. The number of rotatable bonds is 2. The molecule has 1 rings (SSSR count). The third-order valence-electron chi connectivity index (χ3n) is 1.68. The molecular formula is C11H7BrN2S. The molecule has 0 radical (unpaired) electrons. The molecule has 0 saturated heterocycles. The first-order chi connectivity index (χ1) is 7.17. The fourth-order valence-corrected chi connectivity index (χ4v) is 1.89. The number of allylic oxidation sites excluding steroid dienone is 1. The zero-order chi connectivity index (χ0) is 11.3. The van der Waals surface area contributed by atoms with Crippen molar-refractivity contribution in [1.82, 2.24) is 0 Å². The molecule has 0 aliphatic rings. The van der Waals surface area contributed by atoms with Gasteiger partial charge in [0, 0.05) is 14.8 Å². The predicted octanol–water partition coefficient (Wildman–Crippen LogP) is 3.78. The first-order valence-electron chi connectivity index (χ1n) is 4.10. The van der Waals surface area contributed by atoms with Crippen molar-refractivity contribution < 1.29 is 0 Å². The highest BCUT2D eigenvalue weighted by Crippen LogP contribution is 2.25. The number of hydrogen-bond acceptors (Lipinski definition) is 3. The Hall–Kier alpha value is -1.23. The van der Waals surface area contributed by atoms with Gasteiger partial charge in [0.05, 0.1) is 0 Å². The quantitative estimate of drug-likeness (QED) is 0.611. The molecule has 0 atom stereocenters. The van der Waals surface area contributed by atoms with Crippen LogP contribution in [0.5, 0.6) is 0 Å². The minimum Gasteiger partial charge on any atom is -0.192 e. The van der Waals surface area contributed by atoms with Crippen LogP contribution in [0.2, 0.25) is 0 Å². The van der Waals surface area contributed by atoms with E-state index >= 15 is 0 Å². The van der Waals surface area contributed by atoms with Gasteiger partial charge in [-0.05, 0) is 30.7 Å². The summed E-state index contributed by atoms with van der Waals surface area (Å²) in [6.45, 7) is 1.99. The smallest absolute Gasteiger partial charge is 0.136 e. The van der Waals surface area contributed by atoms with Crippen LogP contribution in [-0.2, 0) is 0 Å². The van der Waals surface area contributed by atoms with Crippen molar-refractivity contribution in [1.29, 1.82) is 10.5 Å². The van der Waals surface area contributed by atoms with Gasteiger partial charge in [0.25, 0.3) is 0 Å². The molecule has 1 aromatic rings. The lowest BCUT2D eigenvalue weighted by Crippen LogP contribution is -1.76. The van der Waals surface area contributed by atoms with Crippen molar-refractivity contribution in [2.45, 2.75) is 11.8 Å². The summed E-state index contributed by atoms with van der Waals surface area (Å²) in [5, 5.41) is 18.6. The lowest BCUT2D eigenvalue weighted by atomic mass is 10.2. The van der Waals surface area contributed by atoms with E-state index in [1.807, 2.05) is 37.3 Å². The molecule has 15 heavy (non-hydrogen) atoms. The molecule has 0 aromatic heterocycles. The molecule has 0 spiro atoms. The van der Waals surface area contributed by atoms with Crippen molar-refractivity contribution in [2.75, 3.05) is 0 Å². The van der Waals surface area contributed by atoms with E-state index in [1.165, 1.54) is 11.8 Å². The number of halogens is 1. The molecule has 4 heteroatoms. The Balaban J connectivity index is 2.84. The minimum absolute atomic E-state index is 0.126. The van der Waals surface area contributed by atoms with Gasteiger partial charge in [-0.2, -0.15) is 10.5 Å². The molecule has 0 saturated carbocycles. The largest absolute Gasteiger partial charge is 0.192 e. The van der Waals surface area contributed by atoms with E-state index < -0.39 is 0 Å². The summed E-state index contributed by atoms with van der Waals surface area (Å²) in [6.07, 6.45) is 0. The van der Waals surface area contributed by atoms with Gasteiger partial charge in [0.1, 0.15) is 17.7 Å². The summed E-state index contributed by atoms with van der Waals surface area (Å²) in [6, 6.07) is 9.52. The zero-order valence-electron chi connectivity index (χ0n) is 7.99. The summed E-state index contributed by atoms with van der Waals surface area (Å²) in [4.78, 5) is 1.01. The van der Waals surface area contributed by atoms with E-state index in [0.717, 1.165) is 14.9 Å². The van der Waals surface area contributed by atoms with Gasteiger partial charge in [0.2, 0.25) is 0 Å². The van der Waals surface area contributed by atoms with Crippen LogP contribution >= 0.6 is 27.7 Å². The lowest BCUT2D eigenvalue weighted by molar-refractivity contribution is 1.34. The van der Waals surface area contributed by atoms with E-state index in [-0.39, 0.29) is 5.57 Å². The topological polar surface area (TPSA) is 47.6 Å². The molecule has 0 aliphatic heterocycles. The molecule has 1 aromatic carbocycles. The molecule has 0 unspecified atom stereocenters. The number of nitriles is 2. The molecule has 74 valence electrons. The molecule has 0 heterocycles. The normalized spacial score (nSPS) is 8.80. The number of nitrogens with zero attached hydrogens (tertiary/aromatic N) is 2. The van der Waals surface area contributed by atoms with E-state index in [1.54, 1.807) is 5.41 Å². The van der Waals surface area contributed by atoms with Crippen LogP contribution in [-0.4, -0.2) is 0 Å². The number of aryl methyl sites for hydroxylation is 1. The maximum absolute atomic E-state index is 8.54. The Morgan fingerprint density at radius 2 is 2.07 bits per heavy atom. The van der Waals surface area contributed by atoms with Crippen LogP contribution in [0.4, 0.5) is 0 Å². The van der Waals surface area contributed by atoms with Crippen LogP contribution in [0.25, 0.3) is 0 Å². The third kappa shape index (κ3) is 3.43. The van der Waals surface area contributed by atoms with E-state index in [4.69, 9.17) is 10.5 Å². The van der Waals surface area contributed by atoms with Crippen LogP contribution in [0.15, 0.2) is 38.5 Å². The van der Waals surface area contributed by atoms with Gasteiger partial charge in [0.15, 0.2) is 0 Å². The van der Waals surface area contributed by atoms with Gasteiger partial charge < -0.3 is 0 Å². The monoisotopic (exact) mass is 278 g/mol. The summed E-state index contributed by atoms with van der Waals surface area (Å²) in [7, 11) is 0. The van der Waals surface area contributed by atoms with Crippen LogP contribution < -0.4 is 0 Å². The maximum atomic E-state index is 8.54. The summed E-state index contributed by atoms with van der Waals surface area (Å²) < 4.78 is 1.05. The van der Waals surface area contributed by atoms with Crippen LogP contribution in [0.1, 0.15) is 5.56 Å². The van der Waals surface area contributed by atoms with E-state index in [2.05, 4.69) is 15.9 Å². The number of benzene rings is 1. The highest BCUT2D eigenvalue weighted by molar-refractivity contribution is 9.10. The Morgan fingerprint density at radius 1 is 1.40 bits per heavy atom. The van der Waals surface area contributed by atoms with Crippen LogP contribution in [0.3, 0.4) is 0 Å². The van der Waals surface area contributed by atoms with Gasteiger partial charge in [-0.25, -0.2) is 0 Å². The molecule has 0 fully saturated rings. The SMILES string of the molecule is Cc1cc(SC=C(C#N)C#N)ccc1Br.